The summed E-state index contributed by atoms with van der Waals surface area (Å²) in [6, 6.07) is 10.3. The average Bonchev–Trinajstić information content (AvgIpc) is 3.38. The molecule has 1 N–H and O–H groups in total. The van der Waals surface area contributed by atoms with Crippen LogP contribution in [0.2, 0.25) is 0 Å². The van der Waals surface area contributed by atoms with Crippen LogP contribution in [0.4, 0.5) is 5.95 Å². The van der Waals surface area contributed by atoms with E-state index in [1.807, 2.05) is 35.5 Å². The maximum absolute atomic E-state index is 13.0. The first-order valence-electron chi connectivity index (χ1n) is 10.5. The van der Waals surface area contributed by atoms with Gasteiger partial charge in [-0.2, -0.15) is 0 Å². The van der Waals surface area contributed by atoms with Crippen molar-refractivity contribution in [1.29, 1.82) is 0 Å². The number of amides is 1. The van der Waals surface area contributed by atoms with Gasteiger partial charge >= 0.3 is 0 Å². The predicted molar refractivity (Wildman–Crippen MR) is 109 cm³/mol. The summed E-state index contributed by atoms with van der Waals surface area (Å²) in [6.45, 7) is 5.20. The van der Waals surface area contributed by atoms with Crippen LogP contribution in [0.1, 0.15) is 43.4 Å². The second kappa shape index (κ2) is 7.39. The largest absolute Gasteiger partial charge is 0.354 e. The number of aromatic nitrogens is 2. The number of carbonyl (C=O) groups is 1. The topological polar surface area (TPSA) is 70.6 Å². The number of carbonyl (C=O) groups excluding carboxylic acids is 1. The molecule has 4 heterocycles. The SMILES string of the molecule is CCCNc1ncc(CN2CC[C@@]34OC[C@@H](c5ccccc5)N3C(=O)C[C@@H]24)cn1. The number of likely N-dealkylation sites (tertiary alicyclic amines) is 1. The molecule has 1 aromatic carbocycles. The van der Waals surface area contributed by atoms with Gasteiger partial charge in [-0.3, -0.25) is 9.69 Å². The van der Waals surface area contributed by atoms with Crippen LogP contribution in [0.5, 0.6) is 0 Å². The molecule has 3 saturated heterocycles. The van der Waals surface area contributed by atoms with Gasteiger partial charge in [0.05, 0.1) is 18.7 Å². The van der Waals surface area contributed by atoms with Crippen molar-refractivity contribution in [3.8, 4) is 0 Å². The zero-order valence-corrected chi connectivity index (χ0v) is 16.8. The maximum atomic E-state index is 13.0. The number of rotatable bonds is 6. The minimum atomic E-state index is -0.485. The first kappa shape index (κ1) is 18.5. The van der Waals surface area contributed by atoms with E-state index in [1.165, 1.54) is 0 Å². The fourth-order valence-electron chi connectivity index (χ4n) is 5.04. The Balaban J connectivity index is 1.32. The molecule has 1 spiro atoms. The fourth-order valence-corrected chi connectivity index (χ4v) is 5.04. The van der Waals surface area contributed by atoms with Gasteiger partial charge in [-0.15, -0.1) is 0 Å². The number of ether oxygens (including phenoxy) is 1. The summed E-state index contributed by atoms with van der Waals surface area (Å²) in [5.74, 6) is 0.863. The van der Waals surface area contributed by atoms with E-state index in [2.05, 4.69) is 39.2 Å². The molecule has 0 bridgehead atoms. The Labute approximate surface area is 171 Å². The molecule has 0 unspecified atom stereocenters. The molecular formula is C22H27N5O2. The second-order valence-corrected chi connectivity index (χ2v) is 8.13. The summed E-state index contributed by atoms with van der Waals surface area (Å²) in [5.41, 5.74) is 1.73. The molecule has 1 aromatic heterocycles. The van der Waals surface area contributed by atoms with Gasteiger partial charge < -0.3 is 15.0 Å². The molecular weight excluding hydrogens is 366 g/mol. The molecule has 3 aliphatic rings. The molecule has 0 aliphatic carbocycles. The highest BCUT2D eigenvalue weighted by atomic mass is 16.5. The Kier molecular flexibility index (Phi) is 4.72. The first-order chi connectivity index (χ1) is 14.2. The lowest BCUT2D eigenvalue weighted by molar-refractivity contribution is -0.138. The van der Waals surface area contributed by atoms with E-state index in [-0.39, 0.29) is 18.0 Å². The number of anilines is 1. The quantitative estimate of drug-likeness (QED) is 0.813. The molecule has 0 saturated carbocycles. The van der Waals surface area contributed by atoms with Gasteiger partial charge in [0.15, 0.2) is 5.72 Å². The molecule has 152 valence electrons. The van der Waals surface area contributed by atoms with Crippen LogP contribution in [0.15, 0.2) is 42.7 Å². The third-order valence-electron chi connectivity index (χ3n) is 6.37. The van der Waals surface area contributed by atoms with Gasteiger partial charge in [0.25, 0.3) is 0 Å². The fraction of sp³-hybridized carbons (Fsp3) is 0.500. The zero-order valence-electron chi connectivity index (χ0n) is 16.8. The zero-order chi connectivity index (χ0) is 19.8. The Morgan fingerprint density at radius 3 is 2.79 bits per heavy atom. The summed E-state index contributed by atoms with van der Waals surface area (Å²) in [4.78, 5) is 26.2. The summed E-state index contributed by atoms with van der Waals surface area (Å²) in [6.07, 6.45) is 6.17. The van der Waals surface area contributed by atoms with E-state index in [1.54, 1.807) is 0 Å². The lowest BCUT2D eigenvalue weighted by Gasteiger charge is -2.33. The second-order valence-electron chi connectivity index (χ2n) is 8.13. The van der Waals surface area contributed by atoms with Gasteiger partial charge in [0.2, 0.25) is 11.9 Å². The lowest BCUT2D eigenvalue weighted by atomic mass is 10.0. The van der Waals surface area contributed by atoms with Crippen molar-refractivity contribution in [2.24, 2.45) is 0 Å². The maximum Gasteiger partial charge on any atom is 0.227 e. The van der Waals surface area contributed by atoms with E-state index in [0.29, 0.717) is 19.0 Å². The van der Waals surface area contributed by atoms with Crippen molar-refractivity contribution in [2.75, 3.05) is 25.0 Å². The monoisotopic (exact) mass is 393 g/mol. The third kappa shape index (κ3) is 3.09. The number of hydrogen-bond acceptors (Lipinski definition) is 6. The Hall–Kier alpha value is -2.51. The van der Waals surface area contributed by atoms with Crippen LogP contribution in [0, 0.1) is 0 Å². The Bertz CT molecular complexity index is 875. The minimum absolute atomic E-state index is 0.0147. The van der Waals surface area contributed by atoms with Crippen LogP contribution < -0.4 is 5.32 Å². The molecule has 29 heavy (non-hydrogen) atoms. The number of hydrogen-bond donors (Lipinski definition) is 1. The number of nitrogens with one attached hydrogen (secondary N) is 1. The van der Waals surface area contributed by atoms with Crippen LogP contribution in [-0.2, 0) is 16.1 Å². The van der Waals surface area contributed by atoms with Crippen molar-refractivity contribution in [2.45, 2.75) is 50.5 Å². The van der Waals surface area contributed by atoms with Gasteiger partial charge in [0, 0.05) is 50.4 Å². The van der Waals surface area contributed by atoms with E-state index < -0.39 is 5.72 Å². The Morgan fingerprint density at radius 1 is 1.24 bits per heavy atom. The predicted octanol–water partition coefficient (Wildman–Crippen LogP) is 2.57. The smallest absolute Gasteiger partial charge is 0.227 e. The lowest BCUT2D eigenvalue weighted by Crippen LogP contribution is -2.48. The molecule has 5 rings (SSSR count). The van der Waals surface area contributed by atoms with Gasteiger partial charge in [-0.05, 0) is 12.0 Å². The van der Waals surface area contributed by atoms with E-state index in [4.69, 9.17) is 4.74 Å². The number of nitrogens with zero attached hydrogens (tertiary/aromatic N) is 4. The highest BCUT2D eigenvalue weighted by Gasteiger charge is 2.64. The molecule has 1 amide bonds. The van der Waals surface area contributed by atoms with Gasteiger partial charge in [0.1, 0.15) is 0 Å². The number of benzene rings is 1. The van der Waals surface area contributed by atoms with Crippen LogP contribution in [0.3, 0.4) is 0 Å². The highest BCUT2D eigenvalue weighted by molar-refractivity contribution is 5.82. The van der Waals surface area contributed by atoms with Gasteiger partial charge in [-0.1, -0.05) is 37.3 Å². The van der Waals surface area contributed by atoms with Crippen molar-refractivity contribution < 1.29 is 9.53 Å². The Morgan fingerprint density at radius 2 is 2.03 bits per heavy atom. The molecule has 2 aromatic rings. The van der Waals surface area contributed by atoms with E-state index in [0.717, 1.165) is 43.6 Å². The molecule has 3 atom stereocenters. The normalized spacial score (nSPS) is 28.6. The van der Waals surface area contributed by atoms with Gasteiger partial charge in [-0.25, -0.2) is 9.97 Å². The van der Waals surface area contributed by atoms with Crippen molar-refractivity contribution in [1.82, 2.24) is 19.8 Å². The average molecular weight is 393 g/mol. The summed E-state index contributed by atoms with van der Waals surface area (Å²) in [7, 11) is 0. The molecule has 7 nitrogen and oxygen atoms in total. The molecule has 3 aliphatic heterocycles. The molecule has 7 heteroatoms. The van der Waals surface area contributed by atoms with Crippen molar-refractivity contribution in [3.63, 3.8) is 0 Å². The van der Waals surface area contributed by atoms with Crippen molar-refractivity contribution >= 4 is 11.9 Å². The van der Waals surface area contributed by atoms with Crippen LogP contribution in [0.25, 0.3) is 0 Å². The minimum Gasteiger partial charge on any atom is -0.354 e. The first-order valence-corrected chi connectivity index (χ1v) is 10.5. The van der Waals surface area contributed by atoms with Crippen molar-refractivity contribution in [3.05, 3.63) is 53.9 Å². The third-order valence-corrected chi connectivity index (χ3v) is 6.37. The van der Waals surface area contributed by atoms with E-state index >= 15 is 0 Å². The van der Waals surface area contributed by atoms with Crippen LogP contribution >= 0.6 is 0 Å². The molecule has 0 radical (unpaired) electrons. The summed E-state index contributed by atoms with van der Waals surface area (Å²) in [5, 5.41) is 3.20. The summed E-state index contributed by atoms with van der Waals surface area (Å²) < 4.78 is 6.38. The standard InChI is InChI=1S/C22H27N5O2/c1-2-9-23-21-24-12-16(13-25-21)14-26-10-8-22-19(26)11-20(28)27(22)18(15-29-22)17-6-4-3-5-7-17/h3-7,12-13,18-19H,2,8-11,14-15H2,1H3,(H,23,24,25)/t18-,19+,22-/m0/s1. The van der Waals surface area contributed by atoms with E-state index in [9.17, 15) is 4.79 Å². The highest BCUT2D eigenvalue weighted by Crippen LogP contribution is 2.51. The van der Waals surface area contributed by atoms with Crippen LogP contribution in [-0.4, -0.2) is 57.1 Å². The molecule has 3 fully saturated rings. The summed E-state index contributed by atoms with van der Waals surface area (Å²) >= 11 is 0.